The quantitative estimate of drug-likeness (QED) is 0.484. The molecule has 2 aromatic carbocycles. The summed E-state index contributed by atoms with van der Waals surface area (Å²) >= 11 is 11.1. The molecule has 0 saturated heterocycles. The van der Waals surface area contributed by atoms with E-state index in [0.717, 1.165) is 15.7 Å². The fourth-order valence-electron chi connectivity index (χ4n) is 2.43. The summed E-state index contributed by atoms with van der Waals surface area (Å²) < 4.78 is 8.11. The number of rotatable bonds is 6. The molecule has 0 bridgehead atoms. The molecule has 0 aliphatic rings. The normalized spacial score (nSPS) is 10.8. The Kier molecular flexibility index (Phi) is 6.64. The summed E-state index contributed by atoms with van der Waals surface area (Å²) in [4.78, 5) is 13.6. The van der Waals surface area contributed by atoms with E-state index in [2.05, 4.69) is 26.1 Å². The van der Waals surface area contributed by atoms with Crippen LogP contribution >= 0.6 is 39.3 Å². The second kappa shape index (κ2) is 8.98. The van der Waals surface area contributed by atoms with E-state index in [4.69, 9.17) is 16.3 Å². The Morgan fingerprint density at radius 1 is 1.21 bits per heavy atom. The maximum atomic E-state index is 12.0. The third-order valence-electron chi connectivity index (χ3n) is 3.95. The van der Waals surface area contributed by atoms with Crippen molar-refractivity contribution in [3.63, 3.8) is 0 Å². The Bertz CT molecular complexity index is 992. The molecular weight excluding hydrogens is 464 g/mol. The van der Waals surface area contributed by atoms with Gasteiger partial charge in [-0.2, -0.15) is 0 Å². The van der Waals surface area contributed by atoms with Crippen LogP contribution in [0.4, 0.5) is 0 Å². The van der Waals surface area contributed by atoms with E-state index < -0.39 is 0 Å². The largest absolute Gasteiger partial charge is 0.495 e. The van der Waals surface area contributed by atoms with E-state index >= 15 is 0 Å². The molecule has 3 aromatic rings. The van der Waals surface area contributed by atoms with Crippen LogP contribution in [-0.2, 0) is 4.79 Å². The molecule has 0 spiro atoms. The van der Waals surface area contributed by atoms with E-state index in [1.807, 2.05) is 34.9 Å². The van der Waals surface area contributed by atoms with Crippen molar-refractivity contribution in [1.82, 2.24) is 19.7 Å². The molecular formula is C19H18BrClN4O2S. The highest BCUT2D eigenvalue weighted by Gasteiger charge is 2.18. The summed E-state index contributed by atoms with van der Waals surface area (Å²) in [6.45, 7) is 0. The Labute approximate surface area is 181 Å². The minimum Gasteiger partial charge on any atom is -0.495 e. The summed E-state index contributed by atoms with van der Waals surface area (Å²) in [5.41, 5.74) is 1.68. The van der Waals surface area contributed by atoms with Crippen molar-refractivity contribution in [3.05, 3.63) is 52.0 Å². The third kappa shape index (κ3) is 4.51. The van der Waals surface area contributed by atoms with Crippen LogP contribution in [0.25, 0.3) is 17.1 Å². The molecule has 1 amide bonds. The Hall–Kier alpha value is -2.03. The van der Waals surface area contributed by atoms with Crippen molar-refractivity contribution in [2.75, 3.05) is 27.0 Å². The first-order valence-electron chi connectivity index (χ1n) is 8.29. The van der Waals surface area contributed by atoms with Gasteiger partial charge in [0, 0.05) is 24.1 Å². The lowest BCUT2D eigenvalue weighted by Crippen LogP contribution is -2.23. The second-order valence-electron chi connectivity index (χ2n) is 6.04. The van der Waals surface area contributed by atoms with Gasteiger partial charge in [-0.1, -0.05) is 51.4 Å². The van der Waals surface area contributed by atoms with Crippen molar-refractivity contribution in [2.45, 2.75) is 5.16 Å². The number of amides is 1. The molecule has 0 aliphatic carbocycles. The van der Waals surface area contributed by atoms with Gasteiger partial charge in [-0.3, -0.25) is 9.36 Å². The minimum atomic E-state index is -0.00231. The van der Waals surface area contributed by atoms with Crippen molar-refractivity contribution < 1.29 is 9.53 Å². The summed E-state index contributed by atoms with van der Waals surface area (Å²) in [6, 6.07) is 13.3. The number of hydrogen-bond donors (Lipinski definition) is 0. The average Bonchev–Trinajstić information content (AvgIpc) is 3.10. The maximum absolute atomic E-state index is 12.0. The van der Waals surface area contributed by atoms with Crippen molar-refractivity contribution >= 4 is 45.2 Å². The number of carbonyl (C=O) groups excluding carboxylic acids is 1. The number of nitrogens with zero attached hydrogens (tertiary/aromatic N) is 4. The number of thioether (sulfide) groups is 1. The minimum absolute atomic E-state index is 0.00231. The van der Waals surface area contributed by atoms with Gasteiger partial charge in [0.1, 0.15) is 5.75 Å². The molecule has 0 fully saturated rings. The zero-order valence-corrected chi connectivity index (χ0v) is 18.7. The lowest BCUT2D eigenvalue weighted by Gasteiger charge is -2.13. The number of methoxy groups -OCH3 is 1. The molecule has 1 heterocycles. The molecule has 146 valence electrons. The van der Waals surface area contributed by atoms with E-state index in [9.17, 15) is 4.79 Å². The van der Waals surface area contributed by atoms with Crippen molar-refractivity contribution in [2.24, 2.45) is 0 Å². The van der Waals surface area contributed by atoms with E-state index in [1.165, 1.54) is 11.8 Å². The maximum Gasteiger partial charge on any atom is 0.232 e. The van der Waals surface area contributed by atoms with Gasteiger partial charge in [0.15, 0.2) is 11.0 Å². The van der Waals surface area contributed by atoms with Crippen LogP contribution in [0.3, 0.4) is 0 Å². The van der Waals surface area contributed by atoms with Crippen molar-refractivity contribution in [3.8, 4) is 22.8 Å². The molecule has 0 unspecified atom stereocenters. The second-order valence-corrected chi connectivity index (χ2v) is 8.31. The molecule has 0 atom stereocenters. The van der Waals surface area contributed by atoms with Gasteiger partial charge >= 0.3 is 0 Å². The van der Waals surface area contributed by atoms with Crippen LogP contribution in [-0.4, -0.2) is 52.5 Å². The van der Waals surface area contributed by atoms with Crippen LogP contribution < -0.4 is 4.74 Å². The van der Waals surface area contributed by atoms with E-state index in [-0.39, 0.29) is 11.7 Å². The summed E-state index contributed by atoms with van der Waals surface area (Å²) in [7, 11) is 5.02. The molecule has 0 aliphatic heterocycles. The molecule has 0 radical (unpaired) electrons. The highest BCUT2D eigenvalue weighted by Crippen LogP contribution is 2.32. The monoisotopic (exact) mass is 480 g/mol. The topological polar surface area (TPSA) is 60.2 Å². The molecule has 0 saturated carbocycles. The predicted octanol–water partition coefficient (Wildman–Crippen LogP) is 4.54. The first kappa shape index (κ1) is 20.7. The molecule has 9 heteroatoms. The number of aromatic nitrogens is 3. The number of ether oxygens (including phenoxy) is 1. The lowest BCUT2D eigenvalue weighted by molar-refractivity contribution is -0.125. The number of halogens is 2. The van der Waals surface area contributed by atoms with Gasteiger partial charge in [0.2, 0.25) is 5.91 Å². The highest BCUT2D eigenvalue weighted by atomic mass is 79.9. The lowest BCUT2D eigenvalue weighted by atomic mass is 10.2. The van der Waals surface area contributed by atoms with Gasteiger partial charge in [-0.25, -0.2) is 0 Å². The fourth-order valence-corrected chi connectivity index (χ4v) is 3.88. The summed E-state index contributed by atoms with van der Waals surface area (Å²) in [6.07, 6.45) is 0. The summed E-state index contributed by atoms with van der Waals surface area (Å²) in [5.74, 6) is 1.50. The van der Waals surface area contributed by atoms with E-state index in [0.29, 0.717) is 21.8 Å². The SMILES string of the molecule is COc1ccc(-n2c(SCC(=O)N(C)C)nnc2-c2ccc(Br)cc2)cc1Cl. The van der Waals surface area contributed by atoms with E-state index in [1.54, 1.807) is 38.2 Å². The Morgan fingerprint density at radius 2 is 1.93 bits per heavy atom. The molecule has 28 heavy (non-hydrogen) atoms. The number of benzene rings is 2. The Balaban J connectivity index is 2.07. The standard InChI is InChI=1S/C19H18BrClN4O2S/c1-24(2)17(26)11-28-19-23-22-18(12-4-6-13(20)7-5-12)25(19)14-8-9-16(27-3)15(21)10-14/h4-10H,11H2,1-3H3. The molecule has 0 N–H and O–H groups in total. The highest BCUT2D eigenvalue weighted by molar-refractivity contribution is 9.10. The zero-order chi connectivity index (χ0) is 20.3. The first-order valence-corrected chi connectivity index (χ1v) is 10.4. The van der Waals surface area contributed by atoms with Gasteiger partial charge in [0.05, 0.1) is 23.6 Å². The van der Waals surface area contributed by atoms with Crippen LogP contribution in [0.5, 0.6) is 5.75 Å². The number of hydrogen-bond acceptors (Lipinski definition) is 5. The van der Waals surface area contributed by atoms with Crippen LogP contribution in [0.2, 0.25) is 5.02 Å². The fraction of sp³-hybridized carbons (Fsp3) is 0.211. The zero-order valence-electron chi connectivity index (χ0n) is 15.5. The van der Waals surface area contributed by atoms with Gasteiger partial charge in [0.25, 0.3) is 0 Å². The smallest absolute Gasteiger partial charge is 0.232 e. The molecule has 3 rings (SSSR count). The average molecular weight is 482 g/mol. The molecule has 6 nitrogen and oxygen atoms in total. The van der Waals surface area contributed by atoms with Crippen LogP contribution in [0.1, 0.15) is 0 Å². The first-order chi connectivity index (χ1) is 13.4. The Morgan fingerprint density at radius 3 is 2.54 bits per heavy atom. The predicted molar refractivity (Wildman–Crippen MR) is 115 cm³/mol. The van der Waals surface area contributed by atoms with Gasteiger partial charge in [-0.15, -0.1) is 10.2 Å². The molecule has 1 aromatic heterocycles. The van der Waals surface area contributed by atoms with Crippen LogP contribution in [0, 0.1) is 0 Å². The van der Waals surface area contributed by atoms with Crippen LogP contribution in [0.15, 0.2) is 52.1 Å². The third-order valence-corrected chi connectivity index (χ3v) is 5.69. The van der Waals surface area contributed by atoms with Crippen molar-refractivity contribution in [1.29, 1.82) is 0 Å². The summed E-state index contributed by atoms with van der Waals surface area (Å²) in [5, 5.41) is 9.77. The van der Waals surface area contributed by atoms with Gasteiger partial charge in [-0.05, 0) is 30.3 Å². The van der Waals surface area contributed by atoms with Gasteiger partial charge < -0.3 is 9.64 Å². The number of carbonyl (C=O) groups is 1.